The van der Waals surface area contributed by atoms with Gasteiger partial charge in [0.05, 0.1) is 36.5 Å². The number of rotatable bonds is 8. The number of aromatic nitrogens is 2. The molecule has 0 radical (unpaired) electrons. The van der Waals surface area contributed by atoms with E-state index in [9.17, 15) is 14.3 Å². The number of carbonyl (C=O) groups excluding carboxylic acids is 1. The molecule has 3 aromatic rings. The summed E-state index contributed by atoms with van der Waals surface area (Å²) in [5, 5.41) is 17.9. The number of halogens is 1. The van der Waals surface area contributed by atoms with Crippen LogP contribution >= 0.6 is 0 Å². The highest BCUT2D eigenvalue weighted by molar-refractivity contribution is 5.98. The lowest BCUT2D eigenvalue weighted by atomic mass is 9.81. The van der Waals surface area contributed by atoms with E-state index in [0.717, 1.165) is 36.9 Å². The summed E-state index contributed by atoms with van der Waals surface area (Å²) in [6.07, 6.45) is 5.97. The number of ether oxygens (including phenoxy) is 1. The standard InChI is InChI=1S/C30H38FN5O3/c1-30(38)15-7-6-13-25(30)36-20-34-26(27(36)21-9-4-3-5-10-21)29(37)35-18-17-32-19-22(35)14-16-33-24-12-8-11-23(31)28(24)39-2/h3-5,8-12,20,22,25,32-33,38H,6-7,13-19H2,1-2H3/t22-,25-,30+/m1/s1. The van der Waals surface area contributed by atoms with Crippen molar-refractivity contribution < 1.29 is 19.0 Å². The molecule has 3 N–H and O–H groups in total. The van der Waals surface area contributed by atoms with Crippen LogP contribution in [0.4, 0.5) is 10.1 Å². The van der Waals surface area contributed by atoms with Crippen molar-refractivity contribution in [2.45, 2.75) is 56.7 Å². The van der Waals surface area contributed by atoms with Crippen LogP contribution in [0, 0.1) is 5.82 Å². The van der Waals surface area contributed by atoms with Crippen LogP contribution in [0.5, 0.6) is 5.75 Å². The van der Waals surface area contributed by atoms with E-state index in [1.54, 1.807) is 18.5 Å². The SMILES string of the molecule is COc1c(F)cccc1NCC[C@@H]1CNCCN1C(=O)c1ncn([C@@H]2CCCC[C@]2(C)O)c1-c1ccccc1. The van der Waals surface area contributed by atoms with Gasteiger partial charge in [0.25, 0.3) is 5.91 Å². The highest BCUT2D eigenvalue weighted by Gasteiger charge is 2.39. The molecule has 1 aliphatic carbocycles. The largest absolute Gasteiger partial charge is 0.492 e. The Morgan fingerprint density at radius 2 is 2.05 bits per heavy atom. The number of carbonyl (C=O) groups is 1. The van der Waals surface area contributed by atoms with Crippen LogP contribution in [-0.4, -0.2) is 70.4 Å². The van der Waals surface area contributed by atoms with Gasteiger partial charge in [0.2, 0.25) is 0 Å². The third-order valence-electron chi connectivity index (χ3n) is 8.08. The third kappa shape index (κ3) is 5.65. The summed E-state index contributed by atoms with van der Waals surface area (Å²) in [6, 6.07) is 14.4. The average Bonchev–Trinajstić information content (AvgIpc) is 3.38. The second kappa shape index (κ2) is 11.8. The van der Waals surface area contributed by atoms with Gasteiger partial charge in [0.15, 0.2) is 17.3 Å². The number of anilines is 1. The van der Waals surface area contributed by atoms with Crippen molar-refractivity contribution >= 4 is 11.6 Å². The molecular formula is C30H38FN5O3. The Hall–Kier alpha value is -3.43. The predicted molar refractivity (Wildman–Crippen MR) is 150 cm³/mol. The molecule has 8 nitrogen and oxygen atoms in total. The maximum Gasteiger partial charge on any atom is 0.275 e. The van der Waals surface area contributed by atoms with Crippen molar-refractivity contribution in [1.82, 2.24) is 19.8 Å². The highest BCUT2D eigenvalue weighted by atomic mass is 19.1. The molecule has 2 aromatic carbocycles. The summed E-state index contributed by atoms with van der Waals surface area (Å²) in [7, 11) is 1.45. The molecule has 9 heteroatoms. The number of benzene rings is 2. The first-order chi connectivity index (χ1) is 18.9. The van der Waals surface area contributed by atoms with Gasteiger partial charge in [-0.05, 0) is 38.3 Å². The molecule has 1 aliphatic heterocycles. The van der Waals surface area contributed by atoms with Gasteiger partial charge in [-0.1, -0.05) is 49.2 Å². The Morgan fingerprint density at radius 1 is 1.23 bits per heavy atom. The maximum atomic E-state index is 14.1. The van der Waals surface area contributed by atoms with E-state index in [1.165, 1.54) is 13.2 Å². The average molecular weight is 536 g/mol. The summed E-state index contributed by atoms with van der Waals surface area (Å²) < 4.78 is 21.3. The van der Waals surface area contributed by atoms with E-state index in [0.29, 0.717) is 44.0 Å². The first-order valence-corrected chi connectivity index (χ1v) is 13.8. The molecule has 0 unspecified atom stereocenters. The number of hydrogen-bond acceptors (Lipinski definition) is 6. The van der Waals surface area contributed by atoms with Gasteiger partial charge < -0.3 is 29.9 Å². The number of amides is 1. The Morgan fingerprint density at radius 3 is 2.82 bits per heavy atom. The molecule has 208 valence electrons. The van der Waals surface area contributed by atoms with Crippen LogP contribution in [0.3, 0.4) is 0 Å². The van der Waals surface area contributed by atoms with Gasteiger partial charge in [-0.25, -0.2) is 9.37 Å². The molecular weight excluding hydrogens is 497 g/mol. The number of hydrogen-bond donors (Lipinski definition) is 3. The predicted octanol–water partition coefficient (Wildman–Crippen LogP) is 4.48. The first-order valence-electron chi connectivity index (χ1n) is 13.8. The molecule has 1 saturated heterocycles. The van der Waals surface area contributed by atoms with Crippen molar-refractivity contribution in [3.63, 3.8) is 0 Å². The zero-order chi connectivity index (χ0) is 27.4. The Labute approximate surface area is 229 Å². The number of nitrogens with zero attached hydrogens (tertiary/aromatic N) is 3. The number of imidazole rings is 1. The van der Waals surface area contributed by atoms with Crippen LogP contribution in [0.15, 0.2) is 54.9 Å². The maximum absolute atomic E-state index is 14.1. The Kier molecular flexibility index (Phi) is 8.18. The van der Waals surface area contributed by atoms with E-state index >= 15 is 0 Å². The molecule has 0 bridgehead atoms. The lowest BCUT2D eigenvalue weighted by molar-refractivity contribution is -0.0243. The van der Waals surface area contributed by atoms with Gasteiger partial charge in [0, 0.05) is 37.8 Å². The molecule has 1 amide bonds. The van der Waals surface area contributed by atoms with Gasteiger partial charge in [-0.3, -0.25) is 4.79 Å². The molecule has 2 aliphatic rings. The number of nitrogens with one attached hydrogen (secondary N) is 2. The fourth-order valence-electron chi connectivity index (χ4n) is 6.02. The zero-order valence-electron chi connectivity index (χ0n) is 22.7. The molecule has 2 heterocycles. The number of aliphatic hydroxyl groups is 1. The number of piperazine rings is 1. The molecule has 1 saturated carbocycles. The van der Waals surface area contributed by atoms with Gasteiger partial charge in [0.1, 0.15) is 0 Å². The van der Waals surface area contributed by atoms with E-state index in [2.05, 4.69) is 15.6 Å². The minimum absolute atomic E-state index is 0.0649. The molecule has 1 aromatic heterocycles. The van der Waals surface area contributed by atoms with E-state index in [-0.39, 0.29) is 23.7 Å². The summed E-state index contributed by atoms with van der Waals surface area (Å²) >= 11 is 0. The van der Waals surface area contributed by atoms with Gasteiger partial charge in [-0.15, -0.1) is 0 Å². The van der Waals surface area contributed by atoms with Crippen LogP contribution < -0.4 is 15.4 Å². The van der Waals surface area contributed by atoms with E-state index in [1.807, 2.05) is 46.7 Å². The van der Waals surface area contributed by atoms with Crippen LogP contribution in [0.2, 0.25) is 0 Å². The quantitative estimate of drug-likeness (QED) is 0.394. The summed E-state index contributed by atoms with van der Waals surface area (Å²) in [5.41, 5.74) is 1.79. The second-order valence-electron chi connectivity index (χ2n) is 10.7. The molecule has 3 atom stereocenters. The van der Waals surface area contributed by atoms with Crippen molar-refractivity contribution in [3.05, 3.63) is 66.4 Å². The molecule has 39 heavy (non-hydrogen) atoms. The zero-order valence-corrected chi connectivity index (χ0v) is 22.7. The van der Waals surface area contributed by atoms with Crippen LogP contribution in [0.1, 0.15) is 55.6 Å². The fourth-order valence-corrected chi connectivity index (χ4v) is 6.02. The number of para-hydroxylation sites is 1. The minimum atomic E-state index is -0.871. The van der Waals surface area contributed by atoms with Gasteiger partial charge in [-0.2, -0.15) is 0 Å². The van der Waals surface area contributed by atoms with Gasteiger partial charge >= 0.3 is 0 Å². The fraction of sp³-hybridized carbons (Fsp3) is 0.467. The molecule has 2 fully saturated rings. The summed E-state index contributed by atoms with van der Waals surface area (Å²) in [6.45, 7) is 4.36. The smallest absolute Gasteiger partial charge is 0.275 e. The highest BCUT2D eigenvalue weighted by Crippen LogP contribution is 2.40. The van der Waals surface area contributed by atoms with Crippen molar-refractivity contribution in [3.8, 4) is 17.0 Å². The molecule has 0 spiro atoms. The lowest BCUT2D eigenvalue weighted by Crippen LogP contribution is -2.54. The monoisotopic (exact) mass is 535 g/mol. The minimum Gasteiger partial charge on any atom is -0.492 e. The topological polar surface area (TPSA) is 91.7 Å². The number of methoxy groups -OCH3 is 1. The summed E-state index contributed by atoms with van der Waals surface area (Å²) in [5.74, 6) is -0.346. The van der Waals surface area contributed by atoms with Crippen LogP contribution in [-0.2, 0) is 0 Å². The van der Waals surface area contributed by atoms with Crippen molar-refractivity contribution in [2.24, 2.45) is 0 Å². The van der Waals surface area contributed by atoms with Crippen molar-refractivity contribution in [2.75, 3.05) is 38.6 Å². The van der Waals surface area contributed by atoms with Crippen molar-refractivity contribution in [1.29, 1.82) is 0 Å². The lowest BCUT2D eigenvalue weighted by Gasteiger charge is -2.39. The molecule has 5 rings (SSSR count). The third-order valence-corrected chi connectivity index (χ3v) is 8.08. The first kappa shape index (κ1) is 27.1. The summed E-state index contributed by atoms with van der Waals surface area (Å²) in [4.78, 5) is 20.7. The van der Waals surface area contributed by atoms with Crippen LogP contribution in [0.25, 0.3) is 11.3 Å². The van der Waals surface area contributed by atoms with E-state index < -0.39 is 11.4 Å². The Balaban J connectivity index is 1.40. The normalized spacial score (nSPS) is 23.4. The Bertz CT molecular complexity index is 1280. The van der Waals surface area contributed by atoms with E-state index in [4.69, 9.17) is 4.74 Å². The second-order valence-corrected chi connectivity index (χ2v) is 10.7.